The van der Waals surface area contributed by atoms with Crippen molar-refractivity contribution in [3.05, 3.63) is 48.7 Å². The van der Waals surface area contributed by atoms with Gasteiger partial charge in [0, 0.05) is 35.9 Å². The van der Waals surface area contributed by atoms with Crippen molar-refractivity contribution in [2.75, 3.05) is 26.1 Å². The minimum Gasteiger partial charge on any atom is -0.493 e. The lowest BCUT2D eigenvalue weighted by Crippen LogP contribution is -2.42. The second-order valence-corrected chi connectivity index (χ2v) is 9.96. The number of hydrogen-bond acceptors (Lipinski definition) is 6. The van der Waals surface area contributed by atoms with Crippen LogP contribution in [0, 0.1) is 23.2 Å². The number of fused-ring (bicyclic) bond motifs is 2. The smallest absolute Gasteiger partial charge is 0.240 e. The Hall–Kier alpha value is -3.81. The van der Waals surface area contributed by atoms with Gasteiger partial charge >= 0.3 is 0 Å². The lowest BCUT2D eigenvalue weighted by molar-refractivity contribution is -0.141. The summed E-state index contributed by atoms with van der Waals surface area (Å²) in [6, 6.07) is 13.0. The van der Waals surface area contributed by atoms with E-state index in [4.69, 9.17) is 14.2 Å². The molecule has 8 heteroatoms. The lowest BCUT2D eigenvalue weighted by atomic mass is 10.0. The number of pyridine rings is 1. The Morgan fingerprint density at radius 1 is 1.00 bits per heavy atom. The van der Waals surface area contributed by atoms with Crippen molar-refractivity contribution in [1.82, 2.24) is 9.88 Å². The fourth-order valence-corrected chi connectivity index (χ4v) is 5.82. The van der Waals surface area contributed by atoms with Gasteiger partial charge in [-0.05, 0) is 67.0 Å². The van der Waals surface area contributed by atoms with Crippen LogP contribution >= 0.6 is 0 Å². The Bertz CT molecular complexity index is 1370. The Kier molecular flexibility index (Phi) is 4.17. The summed E-state index contributed by atoms with van der Waals surface area (Å²) in [5, 5.41) is 3.74. The summed E-state index contributed by atoms with van der Waals surface area (Å²) in [7, 11) is 3.17. The third kappa shape index (κ3) is 3.02. The summed E-state index contributed by atoms with van der Waals surface area (Å²) < 4.78 is 16.9. The largest absolute Gasteiger partial charge is 0.493 e. The molecule has 2 amide bonds. The second-order valence-electron chi connectivity index (χ2n) is 9.96. The fourth-order valence-electron chi connectivity index (χ4n) is 5.82. The van der Waals surface area contributed by atoms with E-state index in [9.17, 15) is 9.59 Å². The third-order valence-corrected chi connectivity index (χ3v) is 8.11. The second kappa shape index (κ2) is 7.10. The van der Waals surface area contributed by atoms with E-state index in [0.29, 0.717) is 47.6 Å². The summed E-state index contributed by atoms with van der Waals surface area (Å²) in [4.78, 5) is 32.5. The Morgan fingerprint density at radius 3 is 2.34 bits per heavy atom. The zero-order valence-corrected chi connectivity index (χ0v) is 19.5. The van der Waals surface area contributed by atoms with Crippen molar-refractivity contribution < 1.29 is 23.8 Å². The van der Waals surface area contributed by atoms with Crippen LogP contribution in [0.4, 0.5) is 5.69 Å². The first-order valence-corrected chi connectivity index (χ1v) is 12.0. The van der Waals surface area contributed by atoms with E-state index in [1.54, 1.807) is 50.7 Å². The fraction of sp³-hybridized carbons (Fsp3) is 0.370. The average molecular weight is 472 g/mol. The van der Waals surface area contributed by atoms with Gasteiger partial charge in [0.25, 0.3) is 0 Å². The van der Waals surface area contributed by atoms with Gasteiger partial charge in [-0.3, -0.25) is 14.6 Å². The summed E-state index contributed by atoms with van der Waals surface area (Å²) >= 11 is 0. The molecular weight excluding hydrogens is 446 g/mol. The van der Waals surface area contributed by atoms with Crippen LogP contribution in [0.2, 0.25) is 0 Å². The molecule has 8 nitrogen and oxygen atoms in total. The normalized spacial score (nSPS) is 26.1. The first-order chi connectivity index (χ1) is 17.0. The predicted octanol–water partition coefficient (Wildman–Crippen LogP) is 3.85. The summed E-state index contributed by atoms with van der Waals surface area (Å²) in [6.07, 6.45) is 2.94. The molecule has 2 saturated heterocycles. The molecule has 1 N–H and O–H groups in total. The number of benzene rings is 2. The minimum atomic E-state index is -0.873. The van der Waals surface area contributed by atoms with Crippen molar-refractivity contribution >= 4 is 28.4 Å². The summed E-state index contributed by atoms with van der Waals surface area (Å²) in [5.74, 6) is 4.46. The van der Waals surface area contributed by atoms with Gasteiger partial charge in [0.2, 0.25) is 11.8 Å². The monoisotopic (exact) mass is 471 g/mol. The van der Waals surface area contributed by atoms with Crippen LogP contribution in [-0.4, -0.2) is 48.5 Å². The number of amides is 2. The highest BCUT2D eigenvalue weighted by Crippen LogP contribution is 2.76. The molecule has 0 radical (unpaired) electrons. The molecule has 2 aromatic carbocycles. The SMILES string of the molecule is COc1cc2nccc(Oc3ccc(NC(=O)C4(C(=O)N5CC6C7C6C75)CC4)cc3)c2cc1OC. The number of hydrogen-bond donors (Lipinski definition) is 1. The topological polar surface area (TPSA) is 90.0 Å². The van der Waals surface area contributed by atoms with Gasteiger partial charge in [0.15, 0.2) is 11.5 Å². The Balaban J connectivity index is 1.06. The molecule has 3 aliphatic carbocycles. The van der Waals surface area contributed by atoms with Gasteiger partial charge < -0.3 is 24.4 Å². The van der Waals surface area contributed by atoms with E-state index in [2.05, 4.69) is 10.3 Å². The predicted molar refractivity (Wildman–Crippen MR) is 128 cm³/mol. The van der Waals surface area contributed by atoms with Gasteiger partial charge in [0.05, 0.1) is 19.7 Å². The highest BCUT2D eigenvalue weighted by Gasteiger charge is 2.82. The molecule has 5 fully saturated rings. The number of rotatable bonds is 7. The number of carbonyl (C=O) groups is 2. The number of anilines is 1. The lowest BCUT2D eigenvalue weighted by Gasteiger charge is -2.22. The van der Waals surface area contributed by atoms with Crippen LogP contribution in [0.5, 0.6) is 23.0 Å². The van der Waals surface area contributed by atoms with Crippen LogP contribution in [0.25, 0.3) is 10.9 Å². The molecule has 3 aromatic rings. The molecule has 1 aromatic heterocycles. The van der Waals surface area contributed by atoms with Gasteiger partial charge in [-0.15, -0.1) is 0 Å². The molecule has 2 unspecified atom stereocenters. The maximum atomic E-state index is 13.1. The van der Waals surface area contributed by atoms with Crippen LogP contribution in [0.15, 0.2) is 48.7 Å². The van der Waals surface area contributed by atoms with Crippen molar-refractivity contribution in [3.8, 4) is 23.0 Å². The molecule has 0 spiro atoms. The Morgan fingerprint density at radius 2 is 1.71 bits per heavy atom. The molecule has 178 valence electrons. The third-order valence-electron chi connectivity index (χ3n) is 8.11. The average Bonchev–Trinajstić information content (AvgIpc) is 3.84. The number of piperidine rings is 1. The molecule has 2 bridgehead atoms. The van der Waals surface area contributed by atoms with Gasteiger partial charge in [0.1, 0.15) is 16.9 Å². The number of carbonyl (C=O) groups excluding carboxylic acids is 2. The van der Waals surface area contributed by atoms with E-state index >= 15 is 0 Å². The zero-order valence-electron chi connectivity index (χ0n) is 19.5. The molecule has 2 atom stereocenters. The molecular formula is C27H25N3O5. The summed E-state index contributed by atoms with van der Waals surface area (Å²) in [6.45, 7) is 0.849. The first-order valence-electron chi connectivity index (χ1n) is 12.0. The van der Waals surface area contributed by atoms with Crippen molar-refractivity contribution in [2.45, 2.75) is 18.9 Å². The molecule has 3 saturated carbocycles. The van der Waals surface area contributed by atoms with E-state index in [1.807, 2.05) is 17.0 Å². The molecule has 5 aliphatic rings. The van der Waals surface area contributed by atoms with E-state index in [-0.39, 0.29) is 11.8 Å². The van der Waals surface area contributed by atoms with Crippen LogP contribution in [0.3, 0.4) is 0 Å². The zero-order chi connectivity index (χ0) is 23.9. The van der Waals surface area contributed by atoms with E-state index < -0.39 is 5.41 Å². The molecule has 35 heavy (non-hydrogen) atoms. The quantitative estimate of drug-likeness (QED) is 0.527. The molecule has 8 rings (SSSR count). The number of ether oxygens (including phenoxy) is 3. The number of nitrogens with one attached hydrogen (secondary N) is 1. The maximum absolute atomic E-state index is 13.1. The minimum absolute atomic E-state index is 0.0316. The number of nitrogens with zero attached hydrogens (tertiary/aromatic N) is 2. The maximum Gasteiger partial charge on any atom is 0.240 e. The van der Waals surface area contributed by atoms with Crippen molar-refractivity contribution in [1.29, 1.82) is 0 Å². The van der Waals surface area contributed by atoms with Gasteiger partial charge in [-0.2, -0.15) is 0 Å². The number of aromatic nitrogens is 1. The highest BCUT2D eigenvalue weighted by molar-refractivity contribution is 6.13. The van der Waals surface area contributed by atoms with E-state index in [0.717, 1.165) is 35.2 Å². The van der Waals surface area contributed by atoms with Crippen LogP contribution in [-0.2, 0) is 9.59 Å². The summed E-state index contributed by atoms with van der Waals surface area (Å²) in [5.41, 5.74) is 0.492. The molecule has 3 heterocycles. The van der Waals surface area contributed by atoms with Gasteiger partial charge in [-0.25, -0.2) is 0 Å². The van der Waals surface area contributed by atoms with Crippen molar-refractivity contribution in [2.24, 2.45) is 23.2 Å². The van der Waals surface area contributed by atoms with Gasteiger partial charge in [-0.1, -0.05) is 0 Å². The van der Waals surface area contributed by atoms with Crippen molar-refractivity contribution in [3.63, 3.8) is 0 Å². The first kappa shape index (κ1) is 20.6. The standard InChI is InChI=1S/C27H25N3O5/c1-33-20-11-16-18(12-21(20)34-2)28-10-7-19(16)35-15-5-3-14(4-6-15)29-25(31)27(8-9-27)26(32)30-13-17-22-23(17)24(22)30/h3-7,10-12,17,22-24H,8-9,13H2,1-2H3,(H,29,31). The number of methoxy groups -OCH3 is 2. The highest BCUT2D eigenvalue weighted by atomic mass is 16.5. The molecule has 2 aliphatic heterocycles. The van der Waals surface area contributed by atoms with E-state index in [1.165, 1.54) is 0 Å². The Labute approximate surface area is 202 Å². The van der Waals surface area contributed by atoms with Crippen LogP contribution in [0.1, 0.15) is 12.8 Å². The van der Waals surface area contributed by atoms with Crippen LogP contribution < -0.4 is 19.5 Å².